The van der Waals surface area contributed by atoms with Crippen LogP contribution in [0.15, 0.2) is 10.7 Å². The van der Waals surface area contributed by atoms with Crippen molar-refractivity contribution < 1.29 is 0 Å². The van der Waals surface area contributed by atoms with Gasteiger partial charge in [-0.2, -0.15) is 0 Å². The van der Waals surface area contributed by atoms with Crippen molar-refractivity contribution in [2.75, 3.05) is 25.5 Å². The minimum absolute atomic E-state index is 0.0350. The van der Waals surface area contributed by atoms with E-state index in [1.165, 1.54) is 6.42 Å². The van der Waals surface area contributed by atoms with Crippen LogP contribution in [0, 0.1) is 0 Å². The molecule has 18 heavy (non-hydrogen) atoms. The van der Waals surface area contributed by atoms with Gasteiger partial charge in [0, 0.05) is 24.1 Å². The van der Waals surface area contributed by atoms with Crippen molar-refractivity contribution in [3.8, 4) is 0 Å². The Kier molecular flexibility index (Phi) is 3.92. The number of nitrogens with one attached hydrogen (secondary N) is 1. The summed E-state index contributed by atoms with van der Waals surface area (Å²) in [7, 11) is 2.15. The first-order valence-electron chi connectivity index (χ1n) is 6.35. The van der Waals surface area contributed by atoms with E-state index in [-0.39, 0.29) is 5.41 Å². The van der Waals surface area contributed by atoms with Gasteiger partial charge in [0.25, 0.3) is 0 Å². The number of rotatable bonds is 2. The molecule has 0 aromatic carbocycles. The summed E-state index contributed by atoms with van der Waals surface area (Å²) in [5.74, 6) is 1.79. The first kappa shape index (κ1) is 13.7. The van der Waals surface area contributed by atoms with Gasteiger partial charge in [0.2, 0.25) is 0 Å². The molecule has 0 amide bonds. The number of nitrogens with zero attached hydrogens (tertiary/aromatic N) is 3. The summed E-state index contributed by atoms with van der Waals surface area (Å²) in [5, 5.41) is 3.50. The topological polar surface area (TPSA) is 41.0 Å². The number of likely N-dealkylation sites (tertiary alicyclic amines) is 1. The fourth-order valence-electron chi connectivity index (χ4n) is 2.09. The third kappa shape index (κ3) is 3.42. The number of halogens is 1. The van der Waals surface area contributed by atoms with Crippen molar-refractivity contribution in [1.29, 1.82) is 0 Å². The molecule has 2 heterocycles. The second kappa shape index (κ2) is 5.13. The largest absolute Gasteiger partial charge is 0.366 e. The molecule has 1 aromatic rings. The Bertz CT molecular complexity index is 427. The molecular formula is C13H21BrN4. The number of hydrogen-bond donors (Lipinski definition) is 1. The normalized spacial score (nSPS) is 21.3. The minimum Gasteiger partial charge on any atom is -0.366 e. The van der Waals surface area contributed by atoms with E-state index in [2.05, 4.69) is 63.9 Å². The van der Waals surface area contributed by atoms with Crippen molar-refractivity contribution in [2.24, 2.45) is 0 Å². The summed E-state index contributed by atoms with van der Waals surface area (Å²) in [4.78, 5) is 11.4. The fourth-order valence-corrected chi connectivity index (χ4v) is 2.47. The molecule has 0 spiro atoms. The highest BCUT2D eigenvalue weighted by atomic mass is 79.9. The van der Waals surface area contributed by atoms with Gasteiger partial charge >= 0.3 is 0 Å². The molecule has 5 heteroatoms. The maximum atomic E-state index is 4.62. The summed E-state index contributed by atoms with van der Waals surface area (Å²) in [6, 6.07) is 2.44. The zero-order valence-corrected chi connectivity index (χ0v) is 13.1. The lowest BCUT2D eigenvalue weighted by atomic mass is 9.96. The average molecular weight is 313 g/mol. The van der Waals surface area contributed by atoms with Gasteiger partial charge in [0.15, 0.2) is 0 Å². The van der Waals surface area contributed by atoms with E-state index < -0.39 is 0 Å². The minimum atomic E-state index is -0.0350. The predicted octanol–water partition coefficient (Wildman–Crippen LogP) is 2.65. The smallest absolute Gasteiger partial charge is 0.137 e. The molecule has 1 aromatic heterocycles. The summed E-state index contributed by atoms with van der Waals surface area (Å²) in [5.41, 5.74) is -0.0350. The summed E-state index contributed by atoms with van der Waals surface area (Å²) < 4.78 is 0.844. The average Bonchev–Trinajstić information content (AvgIpc) is 2.61. The molecule has 0 aliphatic carbocycles. The lowest BCUT2D eigenvalue weighted by Gasteiger charge is -2.19. The molecule has 1 fully saturated rings. The van der Waals surface area contributed by atoms with Crippen molar-refractivity contribution in [1.82, 2.24) is 14.9 Å². The van der Waals surface area contributed by atoms with E-state index in [9.17, 15) is 0 Å². The van der Waals surface area contributed by atoms with Gasteiger partial charge in [-0.05, 0) is 35.9 Å². The molecular weight excluding hydrogens is 292 g/mol. The predicted molar refractivity (Wildman–Crippen MR) is 78.0 cm³/mol. The lowest BCUT2D eigenvalue weighted by Crippen LogP contribution is -2.25. The van der Waals surface area contributed by atoms with Crippen LogP contribution in [0.5, 0.6) is 0 Å². The van der Waals surface area contributed by atoms with Gasteiger partial charge in [-0.25, -0.2) is 9.97 Å². The highest BCUT2D eigenvalue weighted by Gasteiger charge is 2.22. The van der Waals surface area contributed by atoms with E-state index in [0.717, 1.165) is 29.3 Å². The SMILES string of the molecule is CN1CCC(Nc2cc(Br)nc(C(C)(C)C)n2)C1. The summed E-state index contributed by atoms with van der Waals surface area (Å²) in [6.45, 7) is 8.61. The maximum absolute atomic E-state index is 4.62. The highest BCUT2D eigenvalue weighted by Crippen LogP contribution is 2.23. The van der Waals surface area contributed by atoms with Gasteiger partial charge in [-0.15, -0.1) is 0 Å². The Morgan fingerprint density at radius 1 is 1.39 bits per heavy atom. The standard InChI is InChI=1S/C13H21BrN4/c1-13(2,3)12-16-10(14)7-11(17-12)15-9-5-6-18(4)8-9/h7,9H,5-6,8H2,1-4H3,(H,15,16,17). The third-order valence-electron chi connectivity index (χ3n) is 3.11. The van der Waals surface area contributed by atoms with Crippen molar-refractivity contribution in [2.45, 2.75) is 38.6 Å². The van der Waals surface area contributed by atoms with Gasteiger partial charge in [-0.3, -0.25) is 0 Å². The molecule has 0 radical (unpaired) electrons. The highest BCUT2D eigenvalue weighted by molar-refractivity contribution is 9.10. The molecule has 100 valence electrons. The summed E-state index contributed by atoms with van der Waals surface area (Å²) >= 11 is 3.47. The van der Waals surface area contributed by atoms with Crippen LogP contribution in [0.3, 0.4) is 0 Å². The van der Waals surface area contributed by atoms with E-state index in [0.29, 0.717) is 6.04 Å². The molecule has 1 unspecified atom stereocenters. The van der Waals surface area contributed by atoms with Crippen LogP contribution < -0.4 is 5.32 Å². The van der Waals surface area contributed by atoms with Gasteiger partial charge in [-0.1, -0.05) is 20.8 Å². The second-order valence-corrected chi connectivity index (χ2v) is 6.85. The van der Waals surface area contributed by atoms with Crippen LogP contribution in [-0.2, 0) is 5.41 Å². The first-order valence-corrected chi connectivity index (χ1v) is 7.14. The Hall–Kier alpha value is -0.680. The lowest BCUT2D eigenvalue weighted by molar-refractivity contribution is 0.414. The summed E-state index contributed by atoms with van der Waals surface area (Å²) in [6.07, 6.45) is 1.17. The van der Waals surface area contributed by atoms with E-state index in [1.807, 2.05) is 6.07 Å². The fraction of sp³-hybridized carbons (Fsp3) is 0.692. The van der Waals surface area contributed by atoms with Crippen LogP contribution in [0.1, 0.15) is 33.0 Å². The molecule has 4 nitrogen and oxygen atoms in total. The Balaban J connectivity index is 2.15. The van der Waals surface area contributed by atoms with Gasteiger partial charge < -0.3 is 10.2 Å². The molecule has 1 aliphatic rings. The number of hydrogen-bond acceptors (Lipinski definition) is 4. The quantitative estimate of drug-likeness (QED) is 0.852. The van der Waals surface area contributed by atoms with Crippen molar-refractivity contribution in [3.63, 3.8) is 0 Å². The Morgan fingerprint density at radius 2 is 2.11 bits per heavy atom. The van der Waals surface area contributed by atoms with Crippen molar-refractivity contribution >= 4 is 21.7 Å². The monoisotopic (exact) mass is 312 g/mol. The zero-order valence-electron chi connectivity index (χ0n) is 11.5. The van der Waals surface area contributed by atoms with Crippen LogP contribution >= 0.6 is 15.9 Å². The van der Waals surface area contributed by atoms with Crippen LogP contribution in [0.25, 0.3) is 0 Å². The number of likely N-dealkylation sites (N-methyl/N-ethyl adjacent to an activating group) is 1. The van der Waals surface area contributed by atoms with E-state index in [4.69, 9.17) is 0 Å². The zero-order chi connectivity index (χ0) is 13.3. The molecule has 0 saturated carbocycles. The molecule has 0 bridgehead atoms. The Labute approximate surface area is 117 Å². The third-order valence-corrected chi connectivity index (χ3v) is 3.52. The molecule has 1 aliphatic heterocycles. The molecule has 2 rings (SSSR count). The second-order valence-electron chi connectivity index (χ2n) is 6.04. The van der Waals surface area contributed by atoms with E-state index >= 15 is 0 Å². The molecule has 1 N–H and O–H groups in total. The van der Waals surface area contributed by atoms with Crippen LogP contribution in [0.4, 0.5) is 5.82 Å². The molecule has 1 saturated heterocycles. The van der Waals surface area contributed by atoms with Gasteiger partial charge in [0.1, 0.15) is 16.2 Å². The molecule has 1 atom stereocenters. The van der Waals surface area contributed by atoms with Gasteiger partial charge in [0.05, 0.1) is 0 Å². The first-order chi connectivity index (χ1) is 8.34. The number of anilines is 1. The number of aromatic nitrogens is 2. The van der Waals surface area contributed by atoms with Crippen molar-refractivity contribution in [3.05, 3.63) is 16.5 Å². The maximum Gasteiger partial charge on any atom is 0.137 e. The van der Waals surface area contributed by atoms with Crippen LogP contribution in [0.2, 0.25) is 0 Å². The Morgan fingerprint density at radius 3 is 2.67 bits per heavy atom. The van der Waals surface area contributed by atoms with E-state index in [1.54, 1.807) is 0 Å². The van der Waals surface area contributed by atoms with Crippen LogP contribution in [-0.4, -0.2) is 41.0 Å².